The lowest BCUT2D eigenvalue weighted by Gasteiger charge is -2.07. The van der Waals surface area contributed by atoms with Gasteiger partial charge in [-0.1, -0.05) is 66.2 Å². The second-order valence-corrected chi connectivity index (χ2v) is 7.34. The summed E-state index contributed by atoms with van der Waals surface area (Å²) in [6.45, 7) is 1.01. The highest BCUT2D eigenvalue weighted by Crippen LogP contribution is 2.36. The summed E-state index contributed by atoms with van der Waals surface area (Å²) in [5.41, 5.74) is 4.43. The van der Waals surface area contributed by atoms with Gasteiger partial charge < -0.3 is 14.8 Å². The lowest BCUT2D eigenvalue weighted by molar-refractivity contribution is -0.136. The molecule has 6 nitrogen and oxygen atoms in total. The highest BCUT2D eigenvalue weighted by molar-refractivity contribution is 6.35. The number of hydrogen-bond donors (Lipinski definition) is 2. The average molecular weight is 470 g/mol. The van der Waals surface area contributed by atoms with Crippen molar-refractivity contribution in [2.75, 3.05) is 6.54 Å². The summed E-state index contributed by atoms with van der Waals surface area (Å²) >= 11 is 6.66. The highest BCUT2D eigenvalue weighted by atomic mass is 35.5. The third kappa shape index (κ3) is 5.53. The molecule has 4 aromatic rings. The van der Waals surface area contributed by atoms with E-state index in [0.717, 1.165) is 22.3 Å². The average Bonchev–Trinajstić information content (AvgIpc) is 3.28. The van der Waals surface area contributed by atoms with E-state index in [0.29, 0.717) is 35.5 Å². The fourth-order valence-corrected chi connectivity index (χ4v) is 3.50. The Labute approximate surface area is 196 Å². The first-order chi connectivity index (χ1) is 15.1. The summed E-state index contributed by atoms with van der Waals surface area (Å²) in [5.74, 6) is -0.0526. The van der Waals surface area contributed by atoms with Crippen molar-refractivity contribution in [3.05, 3.63) is 83.4 Å². The molecule has 1 heterocycles. The Balaban J connectivity index is 0.00000289. The fourth-order valence-electron chi connectivity index (χ4n) is 3.18. The summed E-state index contributed by atoms with van der Waals surface area (Å²) in [6.07, 6.45) is 0.0941. The Hall–Kier alpha value is -3.19. The molecule has 2 N–H and O–H groups in total. The number of hydrogen-bond acceptors (Lipinski definition) is 5. The van der Waals surface area contributed by atoms with Crippen LogP contribution < -0.4 is 5.32 Å². The van der Waals surface area contributed by atoms with E-state index < -0.39 is 5.97 Å². The monoisotopic (exact) mass is 469 g/mol. The van der Waals surface area contributed by atoms with E-state index in [1.54, 1.807) is 0 Å². The van der Waals surface area contributed by atoms with E-state index in [9.17, 15) is 4.79 Å². The van der Waals surface area contributed by atoms with Gasteiger partial charge in [-0.25, -0.2) is 0 Å². The maximum atomic E-state index is 10.6. The molecule has 32 heavy (non-hydrogen) atoms. The maximum Gasteiger partial charge on any atom is 0.304 e. The predicted octanol–water partition coefficient (Wildman–Crippen LogP) is 5.71. The van der Waals surface area contributed by atoms with Crippen molar-refractivity contribution in [1.82, 2.24) is 15.5 Å². The van der Waals surface area contributed by atoms with Crippen molar-refractivity contribution < 1.29 is 14.3 Å². The molecule has 0 aliphatic carbocycles. The molecule has 0 unspecified atom stereocenters. The summed E-state index contributed by atoms with van der Waals surface area (Å²) in [6, 6.07) is 23.3. The number of carbonyl (C=O) groups is 1. The van der Waals surface area contributed by atoms with E-state index in [1.165, 1.54) is 0 Å². The van der Waals surface area contributed by atoms with E-state index >= 15 is 0 Å². The van der Waals surface area contributed by atoms with E-state index in [2.05, 4.69) is 15.5 Å². The Morgan fingerprint density at radius 3 is 2.28 bits per heavy atom. The van der Waals surface area contributed by atoms with Crippen molar-refractivity contribution in [3.63, 3.8) is 0 Å². The number of carboxylic acid groups (broad SMARTS) is 1. The van der Waals surface area contributed by atoms with Gasteiger partial charge in [0.2, 0.25) is 11.8 Å². The van der Waals surface area contributed by atoms with Gasteiger partial charge in [-0.15, -0.1) is 22.6 Å². The van der Waals surface area contributed by atoms with Crippen LogP contribution in [0.4, 0.5) is 0 Å². The van der Waals surface area contributed by atoms with Crippen molar-refractivity contribution >= 4 is 30.0 Å². The molecule has 0 fully saturated rings. The molecule has 3 aromatic carbocycles. The largest absolute Gasteiger partial charge is 0.481 e. The lowest BCUT2D eigenvalue weighted by atomic mass is 10.0. The zero-order valence-electron chi connectivity index (χ0n) is 17.0. The summed E-state index contributed by atoms with van der Waals surface area (Å²) in [7, 11) is 0. The van der Waals surface area contributed by atoms with E-state index in [1.807, 2.05) is 72.8 Å². The van der Waals surface area contributed by atoms with Crippen molar-refractivity contribution in [2.45, 2.75) is 13.0 Å². The zero-order valence-corrected chi connectivity index (χ0v) is 18.6. The lowest BCUT2D eigenvalue weighted by Crippen LogP contribution is -2.17. The highest BCUT2D eigenvalue weighted by Gasteiger charge is 2.16. The standard InChI is InChI=1S/C24H20ClN3O3.ClH/c25-22-19(17-5-2-1-3-6-17)7-4-8-20(22)24-28-27-23(31-24)18-11-9-16(10-12-18)15-26-14-13-21(29)30;/h1-12,26H,13-15H2,(H,29,30);1H. The molecule has 164 valence electrons. The molecule has 0 spiro atoms. The molecular weight excluding hydrogens is 449 g/mol. The smallest absolute Gasteiger partial charge is 0.304 e. The molecule has 0 saturated heterocycles. The molecule has 0 saturated carbocycles. The third-order valence-corrected chi connectivity index (χ3v) is 5.19. The number of aromatic nitrogens is 2. The molecule has 0 amide bonds. The molecule has 8 heteroatoms. The molecule has 4 rings (SSSR count). The zero-order chi connectivity index (χ0) is 21.6. The quantitative estimate of drug-likeness (QED) is 0.321. The number of rotatable bonds is 8. The summed E-state index contributed by atoms with van der Waals surface area (Å²) in [4.78, 5) is 10.6. The van der Waals surface area contributed by atoms with Gasteiger partial charge in [0, 0.05) is 24.2 Å². The van der Waals surface area contributed by atoms with Crippen LogP contribution in [0, 0.1) is 0 Å². The molecule has 0 atom stereocenters. The van der Waals surface area contributed by atoms with Crippen molar-refractivity contribution in [2.24, 2.45) is 0 Å². The first-order valence-electron chi connectivity index (χ1n) is 9.81. The fraction of sp³-hybridized carbons (Fsp3) is 0.125. The number of benzene rings is 3. The molecule has 0 aliphatic rings. The number of nitrogens with zero attached hydrogens (tertiary/aromatic N) is 2. The number of nitrogens with one attached hydrogen (secondary N) is 1. The number of aliphatic carboxylic acids is 1. The first-order valence-corrected chi connectivity index (χ1v) is 10.2. The molecule has 0 bridgehead atoms. The van der Waals surface area contributed by atoms with Crippen molar-refractivity contribution in [1.29, 1.82) is 0 Å². The van der Waals surface area contributed by atoms with Crippen LogP contribution in [0.3, 0.4) is 0 Å². The SMILES string of the molecule is Cl.O=C(O)CCNCc1ccc(-c2nnc(-c3cccc(-c4ccccc4)c3Cl)o2)cc1. The van der Waals surface area contributed by atoms with Crippen LogP contribution in [0.1, 0.15) is 12.0 Å². The second kappa shape index (κ2) is 10.9. The van der Waals surface area contributed by atoms with Gasteiger partial charge in [0.1, 0.15) is 0 Å². The molecular formula is C24H21Cl2N3O3. The predicted molar refractivity (Wildman–Crippen MR) is 127 cm³/mol. The molecule has 1 aromatic heterocycles. The van der Waals surface area contributed by atoms with Crippen LogP contribution >= 0.6 is 24.0 Å². The van der Waals surface area contributed by atoms with Gasteiger partial charge in [0.25, 0.3) is 0 Å². The van der Waals surface area contributed by atoms with Gasteiger partial charge in [0.05, 0.1) is 17.0 Å². The van der Waals surface area contributed by atoms with Gasteiger partial charge in [0.15, 0.2) is 0 Å². The van der Waals surface area contributed by atoms with Crippen LogP contribution in [0.15, 0.2) is 77.2 Å². The molecule has 0 radical (unpaired) electrons. The van der Waals surface area contributed by atoms with Gasteiger partial charge in [-0.05, 0) is 29.3 Å². The van der Waals surface area contributed by atoms with Crippen LogP contribution in [0.5, 0.6) is 0 Å². The Morgan fingerprint density at radius 1 is 0.875 bits per heavy atom. The minimum atomic E-state index is -0.815. The minimum absolute atomic E-state index is 0. The van der Waals surface area contributed by atoms with E-state index in [-0.39, 0.29) is 18.8 Å². The minimum Gasteiger partial charge on any atom is -0.481 e. The number of halogens is 2. The Bertz CT molecular complexity index is 1180. The van der Waals surface area contributed by atoms with Gasteiger partial charge >= 0.3 is 5.97 Å². The van der Waals surface area contributed by atoms with E-state index in [4.69, 9.17) is 21.1 Å². The maximum absolute atomic E-state index is 10.6. The van der Waals surface area contributed by atoms with Gasteiger partial charge in [-0.2, -0.15) is 0 Å². The summed E-state index contributed by atoms with van der Waals surface area (Å²) < 4.78 is 5.90. The second-order valence-electron chi connectivity index (χ2n) is 6.96. The third-order valence-electron chi connectivity index (χ3n) is 4.78. The normalized spacial score (nSPS) is 10.5. The van der Waals surface area contributed by atoms with Gasteiger partial charge in [-0.3, -0.25) is 4.79 Å². The number of carboxylic acids is 1. The van der Waals surface area contributed by atoms with Crippen LogP contribution in [-0.2, 0) is 11.3 Å². The van der Waals surface area contributed by atoms with Crippen molar-refractivity contribution in [3.8, 4) is 34.0 Å². The Morgan fingerprint density at radius 2 is 1.56 bits per heavy atom. The summed E-state index contributed by atoms with van der Waals surface area (Å²) in [5, 5.41) is 20.7. The van der Waals surface area contributed by atoms with Crippen LogP contribution in [-0.4, -0.2) is 27.8 Å². The first kappa shape index (κ1) is 23.5. The molecule has 0 aliphatic heterocycles. The van der Waals surface area contributed by atoms with Crippen LogP contribution in [0.25, 0.3) is 34.0 Å². The topological polar surface area (TPSA) is 88.2 Å². The Kier molecular flexibility index (Phi) is 8.00. The van der Waals surface area contributed by atoms with Crippen LogP contribution in [0.2, 0.25) is 5.02 Å².